The minimum Gasteiger partial charge on any atom is -0.489 e. The van der Waals surface area contributed by atoms with Gasteiger partial charge in [0.2, 0.25) is 15.9 Å². The second-order valence-electron chi connectivity index (χ2n) is 6.29. The van der Waals surface area contributed by atoms with Crippen LogP contribution in [0.3, 0.4) is 0 Å². The molecule has 2 aromatic rings. The van der Waals surface area contributed by atoms with Gasteiger partial charge in [0.25, 0.3) is 0 Å². The first-order valence-corrected chi connectivity index (χ1v) is 10.2. The van der Waals surface area contributed by atoms with Gasteiger partial charge in [0.1, 0.15) is 18.9 Å². The van der Waals surface area contributed by atoms with Gasteiger partial charge in [-0.25, -0.2) is 8.42 Å². The SMILES string of the molecule is C=CCOc1cccc(NC(=O)CN(c2cc(C)cc(C)c2)S(C)(=O)=O)c1. The normalized spacial score (nSPS) is 10.9. The molecule has 0 aliphatic heterocycles. The van der Waals surface area contributed by atoms with Gasteiger partial charge in [-0.15, -0.1) is 0 Å². The zero-order valence-electron chi connectivity index (χ0n) is 15.7. The number of rotatable bonds is 8. The lowest BCUT2D eigenvalue weighted by molar-refractivity contribution is -0.114. The van der Waals surface area contributed by atoms with E-state index in [0.29, 0.717) is 23.7 Å². The summed E-state index contributed by atoms with van der Waals surface area (Å²) < 4.78 is 31.0. The summed E-state index contributed by atoms with van der Waals surface area (Å²) in [5.74, 6) is 0.141. The van der Waals surface area contributed by atoms with Crippen LogP contribution in [0.1, 0.15) is 11.1 Å². The van der Waals surface area contributed by atoms with Gasteiger partial charge in [-0.2, -0.15) is 0 Å². The molecule has 0 spiro atoms. The van der Waals surface area contributed by atoms with Crippen molar-refractivity contribution in [3.05, 3.63) is 66.2 Å². The number of anilines is 2. The number of amides is 1. The largest absolute Gasteiger partial charge is 0.489 e. The molecule has 0 radical (unpaired) electrons. The molecule has 0 atom stereocenters. The third kappa shape index (κ3) is 6.14. The maximum Gasteiger partial charge on any atom is 0.245 e. The second-order valence-corrected chi connectivity index (χ2v) is 8.20. The molecule has 0 fully saturated rings. The van der Waals surface area contributed by atoms with Gasteiger partial charge in [0.15, 0.2) is 0 Å². The lowest BCUT2D eigenvalue weighted by atomic mass is 10.1. The first kappa shape index (κ1) is 20.5. The molecule has 0 saturated heterocycles. The van der Waals surface area contributed by atoms with Crippen LogP contribution in [0.15, 0.2) is 55.1 Å². The Bertz CT molecular complexity index is 918. The molecule has 2 aromatic carbocycles. The van der Waals surface area contributed by atoms with Crippen molar-refractivity contribution in [3.63, 3.8) is 0 Å². The predicted octanol–water partition coefficient (Wildman–Crippen LogP) is 3.27. The van der Waals surface area contributed by atoms with E-state index < -0.39 is 15.9 Å². The number of nitrogens with one attached hydrogen (secondary N) is 1. The summed E-state index contributed by atoms with van der Waals surface area (Å²) in [6, 6.07) is 12.3. The fourth-order valence-corrected chi connectivity index (χ4v) is 3.48. The number of carbonyl (C=O) groups excluding carboxylic acids is 1. The van der Waals surface area contributed by atoms with E-state index in [1.807, 2.05) is 19.9 Å². The minimum absolute atomic E-state index is 0.320. The highest BCUT2D eigenvalue weighted by Gasteiger charge is 2.21. The van der Waals surface area contributed by atoms with Gasteiger partial charge in [0.05, 0.1) is 11.9 Å². The van der Waals surface area contributed by atoms with Gasteiger partial charge >= 0.3 is 0 Å². The number of aryl methyl sites for hydroxylation is 2. The molecule has 6 nitrogen and oxygen atoms in total. The van der Waals surface area contributed by atoms with Crippen LogP contribution >= 0.6 is 0 Å². The lowest BCUT2D eigenvalue weighted by Gasteiger charge is -2.23. The number of benzene rings is 2. The summed E-state index contributed by atoms with van der Waals surface area (Å²) in [7, 11) is -3.62. The topological polar surface area (TPSA) is 75.7 Å². The van der Waals surface area contributed by atoms with Gasteiger partial charge in [-0.3, -0.25) is 9.10 Å². The van der Waals surface area contributed by atoms with Crippen molar-refractivity contribution in [2.45, 2.75) is 13.8 Å². The van der Waals surface area contributed by atoms with Gasteiger partial charge in [0, 0.05) is 11.8 Å². The number of hydrogen-bond donors (Lipinski definition) is 1. The quantitative estimate of drug-likeness (QED) is 0.704. The fraction of sp³-hybridized carbons (Fsp3) is 0.250. The maximum atomic E-state index is 12.5. The summed E-state index contributed by atoms with van der Waals surface area (Å²) in [4.78, 5) is 12.5. The highest BCUT2D eigenvalue weighted by Crippen LogP contribution is 2.22. The van der Waals surface area contributed by atoms with Crippen LogP contribution < -0.4 is 14.4 Å². The van der Waals surface area contributed by atoms with E-state index in [1.54, 1.807) is 42.5 Å². The summed E-state index contributed by atoms with van der Waals surface area (Å²) in [6.45, 7) is 7.38. The molecule has 0 unspecified atom stereocenters. The van der Waals surface area contributed by atoms with Gasteiger partial charge in [-0.05, 0) is 49.2 Å². The predicted molar refractivity (Wildman–Crippen MR) is 109 cm³/mol. The molecule has 0 aliphatic carbocycles. The summed E-state index contributed by atoms with van der Waals surface area (Å²) >= 11 is 0. The van der Waals surface area contributed by atoms with Crippen molar-refractivity contribution in [1.29, 1.82) is 0 Å². The Morgan fingerprint density at radius 2 is 1.85 bits per heavy atom. The molecule has 144 valence electrons. The summed E-state index contributed by atoms with van der Waals surface area (Å²) in [6.07, 6.45) is 2.71. The van der Waals surface area contributed by atoms with E-state index in [0.717, 1.165) is 21.7 Å². The standard InChI is InChI=1S/C20H24N2O4S/c1-5-9-26-19-8-6-7-17(13-19)21-20(23)14-22(27(4,24)25)18-11-15(2)10-16(3)12-18/h5-8,10-13H,1,9,14H2,2-4H3,(H,21,23). The summed E-state index contributed by atoms with van der Waals surface area (Å²) in [5.41, 5.74) is 2.83. The van der Waals surface area contributed by atoms with Crippen LogP contribution in [0.25, 0.3) is 0 Å². The first-order valence-electron chi connectivity index (χ1n) is 8.38. The van der Waals surface area contributed by atoms with Crippen molar-refractivity contribution < 1.29 is 17.9 Å². The third-order valence-corrected chi connectivity index (χ3v) is 4.81. The Morgan fingerprint density at radius 3 is 2.44 bits per heavy atom. The molecule has 27 heavy (non-hydrogen) atoms. The van der Waals surface area contributed by atoms with Crippen LogP contribution in [0.5, 0.6) is 5.75 Å². The number of nitrogens with zero attached hydrogens (tertiary/aromatic N) is 1. The minimum atomic E-state index is -3.62. The van der Waals surface area contributed by atoms with E-state index >= 15 is 0 Å². The summed E-state index contributed by atoms with van der Waals surface area (Å²) in [5, 5.41) is 2.71. The van der Waals surface area contributed by atoms with Crippen LogP contribution in [0, 0.1) is 13.8 Å². The first-order chi connectivity index (χ1) is 12.7. The van der Waals surface area contributed by atoms with Gasteiger partial charge in [-0.1, -0.05) is 24.8 Å². The lowest BCUT2D eigenvalue weighted by Crippen LogP contribution is -2.37. The van der Waals surface area contributed by atoms with Crippen LogP contribution in [-0.2, 0) is 14.8 Å². The fourth-order valence-electron chi connectivity index (χ4n) is 2.64. The number of sulfonamides is 1. The Hall–Kier alpha value is -2.80. The molecule has 1 amide bonds. The molecule has 0 saturated carbocycles. The van der Waals surface area contributed by atoms with Crippen LogP contribution in [0.2, 0.25) is 0 Å². The van der Waals surface area contributed by atoms with E-state index in [9.17, 15) is 13.2 Å². The highest BCUT2D eigenvalue weighted by atomic mass is 32.2. The zero-order chi connectivity index (χ0) is 20.0. The smallest absolute Gasteiger partial charge is 0.245 e. The molecule has 2 rings (SSSR count). The van der Waals surface area contributed by atoms with Crippen LogP contribution in [0.4, 0.5) is 11.4 Å². The van der Waals surface area contributed by atoms with Crippen molar-refractivity contribution >= 4 is 27.3 Å². The zero-order valence-corrected chi connectivity index (χ0v) is 16.5. The maximum absolute atomic E-state index is 12.5. The monoisotopic (exact) mass is 388 g/mol. The van der Waals surface area contributed by atoms with E-state index in [1.165, 1.54) is 0 Å². The molecular weight excluding hydrogens is 364 g/mol. The van der Waals surface area contributed by atoms with Crippen molar-refractivity contribution in [2.24, 2.45) is 0 Å². The van der Waals surface area contributed by atoms with E-state index in [-0.39, 0.29) is 6.54 Å². The van der Waals surface area contributed by atoms with Crippen molar-refractivity contribution in [2.75, 3.05) is 29.0 Å². The Morgan fingerprint density at radius 1 is 1.19 bits per heavy atom. The Balaban J connectivity index is 2.18. The number of ether oxygens (including phenoxy) is 1. The molecule has 1 N–H and O–H groups in total. The average molecular weight is 388 g/mol. The Labute approximate surface area is 160 Å². The van der Waals surface area contributed by atoms with Crippen molar-refractivity contribution in [3.8, 4) is 5.75 Å². The molecule has 0 heterocycles. The average Bonchev–Trinajstić information content (AvgIpc) is 2.56. The second kappa shape index (κ2) is 8.73. The number of hydrogen-bond acceptors (Lipinski definition) is 4. The van der Waals surface area contributed by atoms with Gasteiger partial charge < -0.3 is 10.1 Å². The van der Waals surface area contributed by atoms with E-state index in [2.05, 4.69) is 11.9 Å². The molecule has 0 bridgehead atoms. The molecular formula is C20H24N2O4S. The molecule has 0 aromatic heterocycles. The van der Waals surface area contributed by atoms with E-state index in [4.69, 9.17) is 4.74 Å². The highest BCUT2D eigenvalue weighted by molar-refractivity contribution is 7.92. The van der Waals surface area contributed by atoms with Crippen LogP contribution in [-0.4, -0.2) is 33.7 Å². The van der Waals surface area contributed by atoms with Crippen molar-refractivity contribution in [1.82, 2.24) is 0 Å². The Kier molecular flexibility index (Phi) is 6.63. The third-order valence-electron chi connectivity index (χ3n) is 3.67. The molecule has 0 aliphatic rings. The molecule has 7 heteroatoms. The number of carbonyl (C=O) groups is 1.